The van der Waals surface area contributed by atoms with Crippen molar-refractivity contribution >= 4 is 23.4 Å². The molecule has 2 rings (SSSR count). The van der Waals surface area contributed by atoms with Gasteiger partial charge < -0.3 is 9.88 Å². The number of carbonyl (C=O) groups excluding carboxylic acids is 1. The van der Waals surface area contributed by atoms with E-state index < -0.39 is 0 Å². The molecule has 0 aliphatic rings. The second kappa shape index (κ2) is 7.50. The minimum Gasteiger partial charge on any atom is -0.329 e. The van der Waals surface area contributed by atoms with E-state index in [1.54, 1.807) is 42.2 Å². The van der Waals surface area contributed by atoms with Gasteiger partial charge in [0.2, 0.25) is 5.91 Å². The molecule has 21 heavy (non-hydrogen) atoms. The van der Waals surface area contributed by atoms with Gasteiger partial charge in [-0.1, -0.05) is 17.8 Å². The van der Waals surface area contributed by atoms with Crippen LogP contribution in [-0.2, 0) is 11.8 Å². The third-order valence-corrected chi connectivity index (χ3v) is 3.98. The van der Waals surface area contributed by atoms with Crippen molar-refractivity contribution in [2.45, 2.75) is 18.0 Å². The molecule has 0 aliphatic heterocycles. The summed E-state index contributed by atoms with van der Waals surface area (Å²) in [5.74, 6) is 0.807. The number of rotatable bonds is 6. The third kappa shape index (κ3) is 4.65. The van der Waals surface area contributed by atoms with Crippen LogP contribution in [0.3, 0.4) is 0 Å². The maximum absolute atomic E-state index is 11.8. The molecule has 0 aliphatic carbocycles. The molecule has 1 aromatic heterocycles. The van der Waals surface area contributed by atoms with Crippen molar-refractivity contribution in [1.82, 2.24) is 9.55 Å². The van der Waals surface area contributed by atoms with Crippen molar-refractivity contribution in [3.05, 3.63) is 42.2 Å². The van der Waals surface area contributed by atoms with Crippen LogP contribution in [0.5, 0.6) is 0 Å². The molecule has 2 aromatic rings. The average Bonchev–Trinajstić information content (AvgIpc) is 2.89. The summed E-state index contributed by atoms with van der Waals surface area (Å²) in [6.07, 6.45) is 4.89. The number of aromatic nitrogens is 2. The number of hydrogen-bond donors (Lipinski definition) is 1. The van der Waals surface area contributed by atoms with Crippen molar-refractivity contribution in [2.75, 3.05) is 11.1 Å². The van der Waals surface area contributed by atoms with E-state index in [2.05, 4.69) is 10.3 Å². The first-order valence-corrected chi connectivity index (χ1v) is 7.58. The van der Waals surface area contributed by atoms with Crippen LogP contribution in [0.4, 0.5) is 5.69 Å². The lowest BCUT2D eigenvalue weighted by atomic mass is 10.2. The number of benzene rings is 1. The quantitative estimate of drug-likeness (QED) is 0.658. The number of thioether (sulfide) groups is 1. The molecular weight excluding hydrogens is 284 g/mol. The zero-order chi connectivity index (χ0) is 15.1. The second-order valence-corrected chi connectivity index (χ2v) is 5.58. The van der Waals surface area contributed by atoms with Gasteiger partial charge in [0, 0.05) is 37.3 Å². The van der Waals surface area contributed by atoms with E-state index >= 15 is 0 Å². The normalized spacial score (nSPS) is 10.1. The molecule has 0 atom stereocenters. The Hall–Kier alpha value is -2.26. The number of nitriles is 1. The first kappa shape index (κ1) is 15.1. The fourth-order valence-electron chi connectivity index (χ4n) is 1.78. The van der Waals surface area contributed by atoms with Crippen LogP contribution in [0.15, 0.2) is 41.8 Å². The Bertz CT molecular complexity index is 660. The van der Waals surface area contributed by atoms with Crippen molar-refractivity contribution in [3.8, 4) is 6.07 Å². The van der Waals surface area contributed by atoms with E-state index in [9.17, 15) is 4.79 Å². The van der Waals surface area contributed by atoms with Gasteiger partial charge in [0.25, 0.3) is 0 Å². The summed E-state index contributed by atoms with van der Waals surface area (Å²) in [6.45, 7) is 0. The second-order valence-electron chi connectivity index (χ2n) is 4.51. The van der Waals surface area contributed by atoms with E-state index in [-0.39, 0.29) is 5.91 Å². The topological polar surface area (TPSA) is 70.7 Å². The SMILES string of the molecule is Cn1ccnc1SCCCC(=O)Nc1cccc(C#N)c1. The summed E-state index contributed by atoms with van der Waals surface area (Å²) in [4.78, 5) is 16.0. The molecule has 0 fully saturated rings. The summed E-state index contributed by atoms with van der Waals surface area (Å²) in [5.41, 5.74) is 1.20. The fourth-order valence-corrected chi connectivity index (χ4v) is 2.65. The number of nitrogens with zero attached hydrogens (tertiary/aromatic N) is 3. The minimum absolute atomic E-state index is 0.0365. The number of imidazole rings is 1. The van der Waals surface area contributed by atoms with Crippen LogP contribution < -0.4 is 5.32 Å². The molecule has 0 bridgehead atoms. The van der Waals surface area contributed by atoms with Gasteiger partial charge in [-0.25, -0.2) is 4.98 Å². The number of anilines is 1. The predicted octanol–water partition coefficient (Wildman–Crippen LogP) is 2.80. The zero-order valence-electron chi connectivity index (χ0n) is 11.7. The first-order chi connectivity index (χ1) is 10.2. The van der Waals surface area contributed by atoms with Crippen LogP contribution in [0.2, 0.25) is 0 Å². The van der Waals surface area contributed by atoms with E-state index in [4.69, 9.17) is 5.26 Å². The molecule has 0 radical (unpaired) electrons. The Morgan fingerprint density at radius 1 is 1.52 bits per heavy atom. The smallest absolute Gasteiger partial charge is 0.224 e. The van der Waals surface area contributed by atoms with Gasteiger partial charge in [0.05, 0.1) is 11.6 Å². The molecule has 0 unspecified atom stereocenters. The molecule has 0 saturated heterocycles. The Morgan fingerprint density at radius 2 is 2.38 bits per heavy atom. The van der Waals surface area contributed by atoms with Gasteiger partial charge in [-0.2, -0.15) is 5.26 Å². The van der Waals surface area contributed by atoms with Crippen molar-refractivity contribution in [2.24, 2.45) is 7.05 Å². The molecule has 1 heterocycles. The van der Waals surface area contributed by atoms with Gasteiger partial charge in [-0.05, 0) is 24.6 Å². The lowest BCUT2D eigenvalue weighted by Crippen LogP contribution is -2.11. The molecular formula is C15H16N4OS. The Morgan fingerprint density at radius 3 is 3.10 bits per heavy atom. The lowest BCUT2D eigenvalue weighted by Gasteiger charge is -2.05. The Kier molecular flexibility index (Phi) is 5.41. The molecule has 1 amide bonds. The van der Waals surface area contributed by atoms with Crippen LogP contribution >= 0.6 is 11.8 Å². The van der Waals surface area contributed by atoms with E-state index in [0.717, 1.165) is 17.3 Å². The molecule has 6 heteroatoms. The highest BCUT2D eigenvalue weighted by molar-refractivity contribution is 7.99. The highest BCUT2D eigenvalue weighted by Crippen LogP contribution is 2.16. The van der Waals surface area contributed by atoms with Gasteiger partial charge in [0.15, 0.2) is 5.16 Å². The molecule has 0 spiro atoms. The van der Waals surface area contributed by atoms with Crippen LogP contribution in [-0.4, -0.2) is 21.2 Å². The summed E-state index contributed by atoms with van der Waals surface area (Å²) in [5, 5.41) is 12.6. The minimum atomic E-state index is -0.0365. The predicted molar refractivity (Wildman–Crippen MR) is 83.0 cm³/mol. The van der Waals surface area contributed by atoms with Crippen molar-refractivity contribution < 1.29 is 4.79 Å². The van der Waals surface area contributed by atoms with Crippen molar-refractivity contribution in [3.63, 3.8) is 0 Å². The number of amides is 1. The van der Waals surface area contributed by atoms with E-state index in [0.29, 0.717) is 17.7 Å². The standard InChI is InChI=1S/C15H16N4OS/c1-19-8-7-17-15(19)21-9-3-6-14(20)18-13-5-2-4-12(10-13)11-16/h2,4-5,7-8,10H,3,6,9H2,1H3,(H,18,20). The first-order valence-electron chi connectivity index (χ1n) is 6.59. The zero-order valence-corrected chi connectivity index (χ0v) is 12.6. The number of aryl methyl sites for hydroxylation is 1. The molecule has 0 saturated carbocycles. The highest BCUT2D eigenvalue weighted by Gasteiger charge is 2.04. The summed E-state index contributed by atoms with van der Waals surface area (Å²) in [7, 11) is 1.95. The van der Waals surface area contributed by atoms with Gasteiger partial charge >= 0.3 is 0 Å². The van der Waals surface area contributed by atoms with Crippen molar-refractivity contribution in [1.29, 1.82) is 5.26 Å². The van der Waals surface area contributed by atoms with E-state index in [1.807, 2.05) is 23.9 Å². The number of carbonyl (C=O) groups is 1. The average molecular weight is 300 g/mol. The summed E-state index contributed by atoms with van der Waals surface area (Å²) < 4.78 is 1.96. The molecule has 1 N–H and O–H groups in total. The van der Waals surface area contributed by atoms with Gasteiger partial charge in [-0.15, -0.1) is 0 Å². The molecule has 108 valence electrons. The monoisotopic (exact) mass is 300 g/mol. The van der Waals surface area contributed by atoms with Gasteiger partial charge in [-0.3, -0.25) is 4.79 Å². The molecule has 1 aromatic carbocycles. The third-order valence-electron chi connectivity index (χ3n) is 2.83. The summed E-state index contributed by atoms with van der Waals surface area (Å²) in [6, 6.07) is 8.96. The maximum Gasteiger partial charge on any atom is 0.224 e. The fraction of sp³-hybridized carbons (Fsp3) is 0.267. The highest BCUT2D eigenvalue weighted by atomic mass is 32.2. The maximum atomic E-state index is 11.8. The van der Waals surface area contributed by atoms with Crippen LogP contribution in [0, 0.1) is 11.3 Å². The Balaban J connectivity index is 1.72. The van der Waals surface area contributed by atoms with Crippen LogP contribution in [0.1, 0.15) is 18.4 Å². The van der Waals surface area contributed by atoms with Gasteiger partial charge in [0.1, 0.15) is 0 Å². The lowest BCUT2D eigenvalue weighted by molar-refractivity contribution is -0.116. The molecule has 5 nitrogen and oxygen atoms in total. The summed E-state index contributed by atoms with van der Waals surface area (Å²) >= 11 is 1.64. The number of hydrogen-bond acceptors (Lipinski definition) is 4. The van der Waals surface area contributed by atoms with E-state index in [1.165, 1.54) is 0 Å². The van der Waals surface area contributed by atoms with Crippen LogP contribution in [0.25, 0.3) is 0 Å². The largest absolute Gasteiger partial charge is 0.329 e. The Labute approximate surface area is 128 Å². The number of nitrogens with one attached hydrogen (secondary N) is 1.